The van der Waals surface area contributed by atoms with E-state index in [1.54, 1.807) is 0 Å². The minimum atomic E-state index is -0.587. The molecular weight excluding hydrogens is 186 g/mol. The van der Waals surface area contributed by atoms with Crippen LogP contribution >= 0.6 is 0 Å². The lowest BCUT2D eigenvalue weighted by molar-refractivity contribution is -0.127. The summed E-state index contributed by atoms with van der Waals surface area (Å²) in [6.45, 7) is 0.737. The van der Waals surface area contributed by atoms with E-state index in [0.717, 1.165) is 30.9 Å². The summed E-state index contributed by atoms with van der Waals surface area (Å²) in [6, 6.07) is 0. The first kappa shape index (κ1) is 9.19. The van der Waals surface area contributed by atoms with Crippen LogP contribution in [0.25, 0.3) is 0 Å². The van der Waals surface area contributed by atoms with Gasteiger partial charge in [-0.1, -0.05) is 6.42 Å². The van der Waals surface area contributed by atoms with Crippen molar-refractivity contribution in [2.24, 2.45) is 11.8 Å². The van der Waals surface area contributed by atoms with Gasteiger partial charge in [-0.15, -0.1) is 0 Å². The van der Waals surface area contributed by atoms with Crippen LogP contribution in [0.5, 0.6) is 0 Å². The maximum Gasteiger partial charge on any atom is 0.223 e. The normalized spacial score (nSPS) is 33.2. The Kier molecular flexibility index (Phi) is 2.67. The molecule has 0 aromatic rings. The fourth-order valence-corrected chi connectivity index (χ4v) is 2.84. The van der Waals surface area contributed by atoms with Crippen LogP contribution in [-0.4, -0.2) is 28.2 Å². The summed E-state index contributed by atoms with van der Waals surface area (Å²) in [7, 11) is -0.587. The summed E-state index contributed by atoms with van der Waals surface area (Å²) in [5.74, 6) is 2.54. The van der Waals surface area contributed by atoms with Crippen molar-refractivity contribution in [3.8, 4) is 0 Å². The van der Waals surface area contributed by atoms with Crippen molar-refractivity contribution >= 4 is 16.7 Å². The molecule has 1 N–H and O–H groups in total. The molecule has 0 aromatic carbocycles. The smallest absolute Gasteiger partial charge is 0.223 e. The monoisotopic (exact) mass is 201 g/mol. The Morgan fingerprint density at radius 3 is 2.54 bits per heavy atom. The molecule has 0 unspecified atom stereocenters. The van der Waals surface area contributed by atoms with Gasteiger partial charge in [0.1, 0.15) is 0 Å². The molecular formula is C9H15NO2S. The second kappa shape index (κ2) is 3.78. The lowest BCUT2D eigenvalue weighted by atomic mass is 9.85. The first-order valence-electron chi connectivity index (χ1n) is 4.88. The van der Waals surface area contributed by atoms with Crippen LogP contribution in [0.2, 0.25) is 0 Å². The molecule has 1 heterocycles. The Balaban J connectivity index is 1.62. The Morgan fingerprint density at radius 2 is 2.08 bits per heavy atom. The molecule has 1 saturated heterocycles. The second-order valence-corrected chi connectivity index (χ2v) is 5.56. The molecule has 74 valence electrons. The van der Waals surface area contributed by atoms with E-state index in [-0.39, 0.29) is 11.8 Å². The average molecular weight is 201 g/mol. The summed E-state index contributed by atoms with van der Waals surface area (Å²) in [6.07, 6.45) is 3.32. The predicted octanol–water partition coefficient (Wildman–Crippen LogP) is 0.281. The topological polar surface area (TPSA) is 46.2 Å². The van der Waals surface area contributed by atoms with Gasteiger partial charge in [-0.2, -0.15) is 0 Å². The van der Waals surface area contributed by atoms with Crippen LogP contribution in [0, 0.1) is 11.8 Å². The van der Waals surface area contributed by atoms with Crippen molar-refractivity contribution in [2.75, 3.05) is 18.1 Å². The highest BCUT2D eigenvalue weighted by Gasteiger charge is 2.28. The molecule has 0 atom stereocenters. The van der Waals surface area contributed by atoms with E-state index >= 15 is 0 Å². The predicted molar refractivity (Wildman–Crippen MR) is 51.7 cm³/mol. The summed E-state index contributed by atoms with van der Waals surface area (Å²) in [5, 5.41) is 2.93. The summed E-state index contributed by atoms with van der Waals surface area (Å²) < 4.78 is 10.8. The van der Waals surface area contributed by atoms with Crippen LogP contribution in [-0.2, 0) is 15.6 Å². The van der Waals surface area contributed by atoms with E-state index in [1.807, 2.05) is 0 Å². The highest BCUT2D eigenvalue weighted by molar-refractivity contribution is 7.86. The molecule has 2 rings (SSSR count). The van der Waals surface area contributed by atoms with Crippen LogP contribution in [0.4, 0.5) is 0 Å². The van der Waals surface area contributed by atoms with Crippen molar-refractivity contribution in [3.05, 3.63) is 0 Å². The van der Waals surface area contributed by atoms with E-state index in [9.17, 15) is 9.00 Å². The minimum absolute atomic E-state index is 0.212. The highest BCUT2D eigenvalue weighted by Crippen LogP contribution is 2.26. The van der Waals surface area contributed by atoms with Gasteiger partial charge in [0.25, 0.3) is 0 Å². The summed E-state index contributed by atoms with van der Waals surface area (Å²) in [4.78, 5) is 11.4. The van der Waals surface area contributed by atoms with Gasteiger partial charge >= 0.3 is 0 Å². The number of rotatable bonds is 3. The maximum atomic E-state index is 11.4. The molecule has 1 saturated carbocycles. The van der Waals surface area contributed by atoms with Crippen LogP contribution in [0.15, 0.2) is 0 Å². The zero-order valence-corrected chi connectivity index (χ0v) is 8.44. The van der Waals surface area contributed by atoms with Gasteiger partial charge in [-0.05, 0) is 18.8 Å². The minimum Gasteiger partial charge on any atom is -0.356 e. The number of carbonyl (C=O) groups is 1. The largest absolute Gasteiger partial charge is 0.356 e. The molecule has 0 bridgehead atoms. The fourth-order valence-electron chi connectivity index (χ4n) is 1.65. The molecule has 1 aliphatic heterocycles. The van der Waals surface area contributed by atoms with Crippen molar-refractivity contribution in [3.63, 3.8) is 0 Å². The Bertz CT molecular complexity index is 230. The van der Waals surface area contributed by atoms with Crippen LogP contribution < -0.4 is 5.32 Å². The van der Waals surface area contributed by atoms with Gasteiger partial charge < -0.3 is 5.32 Å². The average Bonchev–Trinajstić information content (AvgIpc) is 1.92. The van der Waals surface area contributed by atoms with E-state index in [2.05, 4.69) is 5.32 Å². The molecule has 4 heteroatoms. The first-order chi connectivity index (χ1) is 6.25. The number of amides is 1. The first-order valence-corrected chi connectivity index (χ1v) is 6.37. The van der Waals surface area contributed by atoms with Crippen molar-refractivity contribution in [1.29, 1.82) is 0 Å². The molecule has 0 radical (unpaired) electrons. The third-order valence-electron chi connectivity index (χ3n) is 2.88. The van der Waals surface area contributed by atoms with Gasteiger partial charge in [0.2, 0.25) is 5.91 Å². The molecule has 1 aliphatic carbocycles. The van der Waals surface area contributed by atoms with Crippen molar-refractivity contribution < 1.29 is 9.00 Å². The summed E-state index contributed by atoms with van der Waals surface area (Å²) >= 11 is 0. The number of nitrogens with one attached hydrogen (secondary N) is 1. The lowest BCUT2D eigenvalue weighted by Gasteiger charge is -2.28. The molecule has 1 amide bonds. The van der Waals surface area contributed by atoms with Crippen molar-refractivity contribution in [2.45, 2.75) is 19.3 Å². The SMILES string of the molecule is O=C(NCC1CS(=O)C1)C1CCC1. The molecule has 0 spiro atoms. The van der Waals surface area contributed by atoms with Crippen LogP contribution in [0.3, 0.4) is 0 Å². The fraction of sp³-hybridized carbons (Fsp3) is 0.889. The zero-order valence-electron chi connectivity index (χ0n) is 7.62. The Labute approximate surface area is 80.7 Å². The van der Waals surface area contributed by atoms with E-state index < -0.39 is 10.8 Å². The van der Waals surface area contributed by atoms with Crippen LogP contribution in [0.1, 0.15) is 19.3 Å². The van der Waals surface area contributed by atoms with E-state index in [0.29, 0.717) is 5.92 Å². The van der Waals surface area contributed by atoms with Gasteiger partial charge in [-0.25, -0.2) is 0 Å². The molecule has 0 aromatic heterocycles. The van der Waals surface area contributed by atoms with Gasteiger partial charge in [0.05, 0.1) is 0 Å². The lowest BCUT2D eigenvalue weighted by Crippen LogP contribution is -2.43. The van der Waals surface area contributed by atoms with Crippen molar-refractivity contribution in [1.82, 2.24) is 5.32 Å². The molecule has 13 heavy (non-hydrogen) atoms. The third kappa shape index (κ3) is 2.10. The van der Waals surface area contributed by atoms with Gasteiger partial charge in [0, 0.05) is 34.8 Å². The molecule has 2 aliphatic rings. The van der Waals surface area contributed by atoms with Gasteiger partial charge in [-0.3, -0.25) is 9.00 Å². The quantitative estimate of drug-likeness (QED) is 0.713. The number of carbonyl (C=O) groups excluding carboxylic acids is 1. The maximum absolute atomic E-state index is 11.4. The second-order valence-electron chi connectivity index (χ2n) is 4.01. The third-order valence-corrected chi connectivity index (χ3v) is 4.57. The standard InChI is InChI=1S/C9H15NO2S/c11-9(8-2-1-3-8)10-4-7-5-13(12)6-7/h7-8H,1-6H2,(H,10,11). The highest BCUT2D eigenvalue weighted by atomic mass is 32.2. The number of hydrogen-bond donors (Lipinski definition) is 1. The van der Waals surface area contributed by atoms with Gasteiger partial charge in [0.15, 0.2) is 0 Å². The molecule has 3 nitrogen and oxygen atoms in total. The van der Waals surface area contributed by atoms with E-state index in [4.69, 9.17) is 0 Å². The van der Waals surface area contributed by atoms with E-state index in [1.165, 1.54) is 6.42 Å². The molecule has 2 fully saturated rings. The number of hydrogen-bond acceptors (Lipinski definition) is 2. The Morgan fingerprint density at radius 1 is 1.38 bits per heavy atom. The summed E-state index contributed by atoms with van der Waals surface area (Å²) in [5.41, 5.74) is 0. The zero-order chi connectivity index (χ0) is 9.26. The Hall–Kier alpha value is -0.380.